The quantitative estimate of drug-likeness (QED) is 0.619. The summed E-state index contributed by atoms with van der Waals surface area (Å²) in [7, 11) is 0. The second kappa shape index (κ2) is 2.96. The highest BCUT2D eigenvalue weighted by molar-refractivity contribution is 5.76. The third-order valence-corrected chi connectivity index (χ3v) is 1.91. The Labute approximate surface area is 58.2 Å². The van der Waals surface area contributed by atoms with Crippen LogP contribution < -0.4 is 5.73 Å². The second-order valence-corrected chi connectivity index (χ2v) is 2.62. The lowest BCUT2D eigenvalue weighted by molar-refractivity contribution is -0.177. The normalized spacial score (nSPS) is 32.5. The van der Waals surface area contributed by atoms with Gasteiger partial charge in [0.25, 0.3) is 0 Å². The van der Waals surface area contributed by atoms with Gasteiger partial charge in [-0.2, -0.15) is 4.94 Å². The van der Waals surface area contributed by atoms with E-state index >= 15 is 0 Å². The Kier molecular flexibility index (Phi) is 2.21. The fourth-order valence-electron chi connectivity index (χ4n) is 1.28. The molecular weight excluding hydrogens is 137 g/mol. The van der Waals surface area contributed by atoms with Crippen LogP contribution in [0.15, 0.2) is 0 Å². The first kappa shape index (κ1) is 7.47. The van der Waals surface area contributed by atoms with Crippen molar-refractivity contribution in [1.82, 2.24) is 0 Å². The average Bonchev–Trinajstić information content (AvgIpc) is 2.34. The molecule has 1 rings (SSSR count). The Hall–Kier alpha value is -0.640. The number of halogens is 1. The molecule has 1 saturated carbocycles. The van der Waals surface area contributed by atoms with E-state index in [0.717, 1.165) is 0 Å². The molecule has 4 heteroatoms. The molecule has 1 aliphatic rings. The van der Waals surface area contributed by atoms with E-state index in [1.165, 1.54) is 0 Å². The van der Waals surface area contributed by atoms with Crippen molar-refractivity contribution in [3.63, 3.8) is 0 Å². The van der Waals surface area contributed by atoms with Crippen LogP contribution in [0.25, 0.3) is 0 Å². The van der Waals surface area contributed by atoms with E-state index in [1.807, 2.05) is 0 Å². The van der Waals surface area contributed by atoms with Crippen LogP contribution in [0.4, 0.5) is 4.53 Å². The number of primary amides is 1. The summed E-state index contributed by atoms with van der Waals surface area (Å²) in [6.45, 7) is 0. The van der Waals surface area contributed by atoms with E-state index in [0.29, 0.717) is 19.3 Å². The Bertz CT molecular complexity index is 140. The van der Waals surface area contributed by atoms with Crippen molar-refractivity contribution >= 4 is 5.91 Å². The lowest BCUT2D eigenvalue weighted by Gasteiger charge is -2.02. The molecule has 0 aromatic carbocycles. The molecule has 0 heterocycles. The molecule has 0 radical (unpaired) electrons. The van der Waals surface area contributed by atoms with Crippen LogP contribution >= 0.6 is 0 Å². The van der Waals surface area contributed by atoms with Crippen LogP contribution in [-0.2, 0) is 9.74 Å². The highest BCUT2D eigenvalue weighted by Gasteiger charge is 2.29. The summed E-state index contributed by atoms with van der Waals surface area (Å²) in [4.78, 5) is 14.1. The minimum atomic E-state index is -0.405. The molecule has 2 unspecified atom stereocenters. The summed E-state index contributed by atoms with van der Waals surface area (Å²) >= 11 is 0. The molecule has 2 N–H and O–H groups in total. The maximum Gasteiger partial charge on any atom is 0.220 e. The van der Waals surface area contributed by atoms with Crippen molar-refractivity contribution in [2.24, 2.45) is 11.7 Å². The van der Waals surface area contributed by atoms with Crippen LogP contribution in [0.3, 0.4) is 0 Å². The SMILES string of the molecule is NC(=O)C1CCC(OF)C1. The van der Waals surface area contributed by atoms with E-state index in [4.69, 9.17) is 5.73 Å². The van der Waals surface area contributed by atoms with E-state index in [2.05, 4.69) is 4.94 Å². The molecule has 58 valence electrons. The number of hydrogen-bond donors (Lipinski definition) is 1. The van der Waals surface area contributed by atoms with Crippen LogP contribution in [0.1, 0.15) is 19.3 Å². The van der Waals surface area contributed by atoms with Gasteiger partial charge in [0.15, 0.2) is 0 Å². The number of carbonyl (C=O) groups is 1. The molecule has 0 aromatic heterocycles. The van der Waals surface area contributed by atoms with Gasteiger partial charge in [0.2, 0.25) is 5.91 Å². The highest BCUT2D eigenvalue weighted by atomic mass is 19.3. The van der Waals surface area contributed by atoms with Gasteiger partial charge >= 0.3 is 0 Å². The van der Waals surface area contributed by atoms with Crippen molar-refractivity contribution in [3.05, 3.63) is 0 Å². The first-order chi connectivity index (χ1) is 4.74. The molecule has 3 nitrogen and oxygen atoms in total. The second-order valence-electron chi connectivity index (χ2n) is 2.62. The van der Waals surface area contributed by atoms with Crippen LogP contribution in [-0.4, -0.2) is 12.0 Å². The zero-order valence-corrected chi connectivity index (χ0v) is 5.55. The topological polar surface area (TPSA) is 52.3 Å². The molecule has 0 aliphatic heterocycles. The highest BCUT2D eigenvalue weighted by Crippen LogP contribution is 2.27. The van der Waals surface area contributed by atoms with E-state index in [-0.39, 0.29) is 11.8 Å². The first-order valence-corrected chi connectivity index (χ1v) is 3.30. The van der Waals surface area contributed by atoms with Gasteiger partial charge in [0.05, 0.1) is 6.10 Å². The van der Waals surface area contributed by atoms with E-state index in [1.54, 1.807) is 0 Å². The molecule has 0 saturated heterocycles. The monoisotopic (exact) mass is 147 g/mol. The van der Waals surface area contributed by atoms with Crippen LogP contribution in [0, 0.1) is 5.92 Å². The van der Waals surface area contributed by atoms with Gasteiger partial charge in [-0.15, -0.1) is 0 Å². The van der Waals surface area contributed by atoms with E-state index in [9.17, 15) is 9.32 Å². The molecular formula is C6H10FNO2. The zero-order valence-electron chi connectivity index (χ0n) is 5.55. The molecule has 0 spiro atoms. The van der Waals surface area contributed by atoms with Crippen molar-refractivity contribution < 1.29 is 14.3 Å². The van der Waals surface area contributed by atoms with Gasteiger partial charge in [-0.3, -0.25) is 4.79 Å². The average molecular weight is 147 g/mol. The number of rotatable bonds is 2. The van der Waals surface area contributed by atoms with Gasteiger partial charge in [0.1, 0.15) is 0 Å². The molecule has 1 fully saturated rings. The Balaban J connectivity index is 2.35. The number of hydrogen-bond acceptors (Lipinski definition) is 2. The maximum atomic E-state index is 11.5. The van der Waals surface area contributed by atoms with Crippen molar-refractivity contribution in [2.75, 3.05) is 0 Å². The van der Waals surface area contributed by atoms with Gasteiger partial charge in [-0.25, -0.2) is 0 Å². The van der Waals surface area contributed by atoms with Gasteiger partial charge in [0, 0.05) is 5.92 Å². The molecule has 10 heavy (non-hydrogen) atoms. The van der Waals surface area contributed by atoms with Crippen molar-refractivity contribution in [3.8, 4) is 0 Å². The zero-order chi connectivity index (χ0) is 7.56. The number of carbonyl (C=O) groups excluding carboxylic acids is 1. The predicted octanol–water partition coefficient (Wildman–Crippen LogP) is 0.541. The molecule has 0 aromatic rings. The number of amides is 1. The van der Waals surface area contributed by atoms with Gasteiger partial charge in [-0.1, -0.05) is 0 Å². The number of nitrogens with two attached hydrogens (primary N) is 1. The summed E-state index contributed by atoms with van der Waals surface area (Å²) in [5, 5.41) is 0. The minimum Gasteiger partial charge on any atom is -0.369 e. The third kappa shape index (κ3) is 1.44. The largest absolute Gasteiger partial charge is 0.369 e. The summed E-state index contributed by atoms with van der Waals surface area (Å²) in [6.07, 6.45) is 1.29. The lowest BCUT2D eigenvalue weighted by Crippen LogP contribution is -2.21. The Morgan fingerprint density at radius 2 is 2.30 bits per heavy atom. The Morgan fingerprint density at radius 3 is 2.60 bits per heavy atom. The van der Waals surface area contributed by atoms with Crippen molar-refractivity contribution in [2.45, 2.75) is 25.4 Å². The van der Waals surface area contributed by atoms with Gasteiger partial charge < -0.3 is 5.73 Å². The first-order valence-electron chi connectivity index (χ1n) is 3.30. The molecule has 2 atom stereocenters. The Morgan fingerprint density at radius 1 is 1.60 bits per heavy atom. The van der Waals surface area contributed by atoms with Gasteiger partial charge in [-0.05, 0) is 23.8 Å². The smallest absolute Gasteiger partial charge is 0.220 e. The third-order valence-electron chi connectivity index (χ3n) is 1.91. The molecule has 0 bridgehead atoms. The maximum absolute atomic E-state index is 11.5. The standard InChI is InChI=1S/C6H10FNO2/c7-10-5-2-1-4(3-5)6(8)9/h4-5H,1-3H2,(H2,8,9). The summed E-state index contributed by atoms with van der Waals surface area (Å²) in [5.74, 6) is -0.527. The molecule has 1 aliphatic carbocycles. The predicted molar refractivity (Wildman–Crippen MR) is 32.5 cm³/mol. The summed E-state index contributed by atoms with van der Waals surface area (Å²) < 4.78 is 11.5. The van der Waals surface area contributed by atoms with Crippen molar-refractivity contribution in [1.29, 1.82) is 0 Å². The van der Waals surface area contributed by atoms with E-state index < -0.39 is 6.10 Å². The fraction of sp³-hybridized carbons (Fsp3) is 0.833. The summed E-state index contributed by atoms with van der Waals surface area (Å²) in [6, 6.07) is 0. The summed E-state index contributed by atoms with van der Waals surface area (Å²) in [5.41, 5.74) is 5.00. The van der Waals surface area contributed by atoms with Crippen LogP contribution in [0.5, 0.6) is 0 Å². The lowest BCUT2D eigenvalue weighted by atomic mass is 10.1. The molecule has 1 amide bonds. The fourth-order valence-corrected chi connectivity index (χ4v) is 1.28. The minimum absolute atomic E-state index is 0.180. The van der Waals surface area contributed by atoms with Crippen LogP contribution in [0.2, 0.25) is 0 Å².